The molecular formula is C35H48. The van der Waals surface area contributed by atoms with Crippen molar-refractivity contribution < 1.29 is 0 Å². The Morgan fingerprint density at radius 1 is 0.829 bits per heavy atom. The van der Waals surface area contributed by atoms with Crippen LogP contribution < -0.4 is 0 Å². The van der Waals surface area contributed by atoms with Crippen LogP contribution in [-0.4, -0.2) is 0 Å². The number of rotatable bonds is 7. The molecule has 188 valence electrons. The lowest BCUT2D eigenvalue weighted by molar-refractivity contribution is 0.561. The molecule has 0 amide bonds. The highest BCUT2D eigenvalue weighted by molar-refractivity contribution is 5.83. The molecule has 0 radical (unpaired) electrons. The molecule has 0 aliphatic heterocycles. The number of hydrogen-bond donors (Lipinski definition) is 0. The van der Waals surface area contributed by atoms with Crippen LogP contribution in [0.25, 0.3) is 11.1 Å². The lowest BCUT2D eigenvalue weighted by Crippen LogP contribution is -2.28. The first-order valence-corrected chi connectivity index (χ1v) is 14.0. The largest absolute Gasteiger partial charge is 0.0683 e. The first kappa shape index (κ1) is 27.3. The van der Waals surface area contributed by atoms with Gasteiger partial charge in [0.05, 0.1) is 0 Å². The van der Waals surface area contributed by atoms with Crippen LogP contribution in [0.5, 0.6) is 0 Å². The van der Waals surface area contributed by atoms with Crippen LogP contribution in [0.3, 0.4) is 0 Å². The Morgan fingerprint density at radius 3 is 2.14 bits per heavy atom. The van der Waals surface area contributed by atoms with E-state index < -0.39 is 0 Å². The molecule has 0 nitrogen and oxygen atoms in total. The van der Waals surface area contributed by atoms with Crippen LogP contribution in [0.1, 0.15) is 126 Å². The maximum absolute atomic E-state index is 2.55. The Morgan fingerprint density at radius 2 is 1.49 bits per heavy atom. The predicted molar refractivity (Wildman–Crippen MR) is 156 cm³/mol. The van der Waals surface area contributed by atoms with Gasteiger partial charge in [0.25, 0.3) is 0 Å². The summed E-state index contributed by atoms with van der Waals surface area (Å²) in [5.41, 5.74) is 13.1. The molecule has 1 unspecified atom stereocenters. The van der Waals surface area contributed by atoms with Gasteiger partial charge in [-0.25, -0.2) is 0 Å². The lowest BCUT2D eigenvalue weighted by atomic mass is 9.67. The van der Waals surface area contributed by atoms with Gasteiger partial charge in [-0.2, -0.15) is 0 Å². The molecular weight excluding hydrogens is 420 g/mol. The number of benzene rings is 3. The maximum atomic E-state index is 2.55. The summed E-state index contributed by atoms with van der Waals surface area (Å²) in [6, 6.07) is 21.0. The molecule has 35 heavy (non-hydrogen) atoms. The molecule has 3 aromatic carbocycles. The van der Waals surface area contributed by atoms with Gasteiger partial charge in [0.15, 0.2) is 0 Å². The summed E-state index contributed by atoms with van der Waals surface area (Å²) in [7, 11) is 0. The second-order valence-corrected chi connectivity index (χ2v) is 11.3. The summed E-state index contributed by atoms with van der Waals surface area (Å²) in [5, 5.41) is 0. The third-order valence-electron chi connectivity index (χ3n) is 8.36. The van der Waals surface area contributed by atoms with Crippen molar-refractivity contribution in [2.24, 2.45) is 0 Å². The normalized spacial score (nSPS) is 14.6. The van der Waals surface area contributed by atoms with Crippen molar-refractivity contribution in [1.82, 2.24) is 0 Å². The van der Waals surface area contributed by atoms with E-state index in [0.717, 1.165) is 0 Å². The van der Waals surface area contributed by atoms with Crippen LogP contribution in [0.4, 0.5) is 0 Å². The molecule has 0 bridgehead atoms. The number of aryl methyl sites for hydroxylation is 2. The Hall–Kier alpha value is -2.34. The van der Waals surface area contributed by atoms with Gasteiger partial charge >= 0.3 is 0 Å². The van der Waals surface area contributed by atoms with Crippen LogP contribution in [-0.2, 0) is 10.8 Å². The van der Waals surface area contributed by atoms with E-state index in [9.17, 15) is 0 Å². The zero-order valence-corrected chi connectivity index (χ0v) is 24.1. The van der Waals surface area contributed by atoms with Gasteiger partial charge < -0.3 is 0 Å². The molecule has 0 heteroatoms. The van der Waals surface area contributed by atoms with Gasteiger partial charge in [-0.15, -0.1) is 0 Å². The highest BCUT2D eigenvalue weighted by Gasteiger charge is 2.41. The predicted octanol–water partition coefficient (Wildman–Crippen LogP) is 10.6. The van der Waals surface area contributed by atoms with E-state index >= 15 is 0 Å². The van der Waals surface area contributed by atoms with Crippen LogP contribution in [0.15, 0.2) is 54.6 Å². The molecule has 0 spiro atoms. The second kappa shape index (κ2) is 10.7. The molecule has 1 aliphatic rings. The fraction of sp³-hybridized carbons (Fsp3) is 0.486. The van der Waals surface area contributed by atoms with Gasteiger partial charge in [-0.3, -0.25) is 0 Å². The molecule has 0 heterocycles. The van der Waals surface area contributed by atoms with E-state index in [4.69, 9.17) is 0 Å². The average Bonchev–Trinajstić information content (AvgIpc) is 3.08. The average molecular weight is 469 g/mol. The Kier molecular flexibility index (Phi) is 8.36. The van der Waals surface area contributed by atoms with Crippen molar-refractivity contribution in [3.8, 4) is 11.1 Å². The number of hydrogen-bond acceptors (Lipinski definition) is 0. The number of fused-ring (bicyclic) bond motifs is 3. The highest BCUT2D eigenvalue weighted by atomic mass is 14.4. The summed E-state index contributed by atoms with van der Waals surface area (Å²) in [6.07, 6.45) is 5.08. The van der Waals surface area contributed by atoms with Crippen molar-refractivity contribution in [3.05, 3.63) is 93.5 Å². The first-order valence-electron chi connectivity index (χ1n) is 14.0. The molecule has 0 saturated heterocycles. The van der Waals surface area contributed by atoms with Crippen molar-refractivity contribution in [2.75, 3.05) is 0 Å². The fourth-order valence-corrected chi connectivity index (χ4v) is 6.54. The van der Waals surface area contributed by atoms with Crippen LogP contribution >= 0.6 is 0 Å². The van der Waals surface area contributed by atoms with Crippen molar-refractivity contribution in [1.29, 1.82) is 0 Å². The minimum atomic E-state index is -0.0715. The second-order valence-electron chi connectivity index (χ2n) is 11.3. The molecule has 4 rings (SSSR count). The van der Waals surface area contributed by atoms with E-state index in [1.165, 1.54) is 75.8 Å². The SMILES string of the molecule is CC.CCCCC(CC)c1ccc(C)c(C(C)(C)c2c(C)ccc3c2C(C)(C)c2ccccc2-3)c1. The molecule has 1 atom stereocenters. The zero-order chi connectivity index (χ0) is 26.0. The molecule has 0 aromatic heterocycles. The quantitative estimate of drug-likeness (QED) is 0.323. The monoisotopic (exact) mass is 468 g/mol. The Bertz CT molecular complexity index is 1160. The van der Waals surface area contributed by atoms with E-state index in [0.29, 0.717) is 5.92 Å². The van der Waals surface area contributed by atoms with Gasteiger partial charge in [-0.05, 0) is 82.7 Å². The van der Waals surface area contributed by atoms with Gasteiger partial charge in [0.1, 0.15) is 0 Å². The van der Waals surface area contributed by atoms with Crippen LogP contribution in [0.2, 0.25) is 0 Å². The molecule has 0 fully saturated rings. The summed E-state index contributed by atoms with van der Waals surface area (Å²) in [6.45, 7) is 23.0. The minimum absolute atomic E-state index is 0.00312. The number of unbranched alkanes of at least 4 members (excludes halogenated alkanes) is 1. The van der Waals surface area contributed by atoms with Crippen molar-refractivity contribution >= 4 is 0 Å². The Balaban J connectivity index is 0.00000167. The topological polar surface area (TPSA) is 0 Å². The summed E-state index contributed by atoms with van der Waals surface area (Å²) >= 11 is 0. The molecule has 0 saturated carbocycles. The van der Waals surface area contributed by atoms with Gasteiger partial charge in [-0.1, -0.05) is 123 Å². The fourth-order valence-electron chi connectivity index (χ4n) is 6.54. The first-order chi connectivity index (χ1) is 16.6. The van der Waals surface area contributed by atoms with E-state index in [-0.39, 0.29) is 10.8 Å². The minimum Gasteiger partial charge on any atom is -0.0683 e. The van der Waals surface area contributed by atoms with Gasteiger partial charge in [0, 0.05) is 10.8 Å². The van der Waals surface area contributed by atoms with Gasteiger partial charge in [0.2, 0.25) is 0 Å². The third-order valence-corrected chi connectivity index (χ3v) is 8.36. The zero-order valence-electron chi connectivity index (χ0n) is 24.1. The van der Waals surface area contributed by atoms with Crippen molar-refractivity contribution in [2.45, 2.75) is 112 Å². The Labute approximate surface area is 216 Å². The van der Waals surface area contributed by atoms with Crippen molar-refractivity contribution in [3.63, 3.8) is 0 Å². The summed E-state index contributed by atoms with van der Waals surface area (Å²) in [4.78, 5) is 0. The highest BCUT2D eigenvalue weighted by Crippen LogP contribution is 2.54. The van der Waals surface area contributed by atoms with E-state index in [1.54, 1.807) is 0 Å². The van der Waals surface area contributed by atoms with E-state index in [1.807, 2.05) is 13.8 Å². The summed E-state index contributed by atoms with van der Waals surface area (Å²) in [5.74, 6) is 0.656. The smallest absolute Gasteiger partial charge is 0.0162 e. The summed E-state index contributed by atoms with van der Waals surface area (Å²) < 4.78 is 0. The van der Waals surface area contributed by atoms with Crippen LogP contribution in [0, 0.1) is 13.8 Å². The lowest BCUT2D eigenvalue weighted by Gasteiger charge is -2.36. The molecule has 0 N–H and O–H groups in total. The third kappa shape index (κ3) is 4.74. The molecule has 3 aromatic rings. The van der Waals surface area contributed by atoms with E-state index in [2.05, 4.69) is 110 Å². The maximum Gasteiger partial charge on any atom is 0.0162 e. The standard InChI is InChI=1S/C33H42.C2H6/c1-9-11-14-24(10-2)25-19-17-22(3)29(21-25)33(7,8)30-23(4)18-20-27-26-15-12-13-16-28(26)32(5,6)31(27)30;1-2/h12-13,15-21,24H,9-11,14H2,1-8H3;1-2H3. The molecule has 1 aliphatic carbocycles.